The van der Waals surface area contributed by atoms with E-state index in [1.54, 1.807) is 6.92 Å². The zero-order valence-electron chi connectivity index (χ0n) is 24.5. The highest BCUT2D eigenvalue weighted by molar-refractivity contribution is 7.80. The van der Waals surface area contributed by atoms with Gasteiger partial charge in [0, 0.05) is 13.0 Å². The van der Waals surface area contributed by atoms with E-state index in [-0.39, 0.29) is 51.7 Å². The molecule has 2 amide bonds. The molecule has 6 heteroatoms. The summed E-state index contributed by atoms with van der Waals surface area (Å²) in [7, 11) is 0. The molecule has 0 aliphatic carbocycles. The van der Waals surface area contributed by atoms with Crippen molar-refractivity contribution in [2.45, 2.75) is 108 Å². The van der Waals surface area contributed by atoms with Crippen LogP contribution in [0, 0.1) is 33.5 Å². The van der Waals surface area contributed by atoms with E-state index >= 15 is 0 Å². The SMILES string of the molecule is C=C(C)C(C1CC(=O)N(CCCS(=O)OCC)C1=O)C(C)(C)CC(C)(C)CC(C)(C)CC(C)(C)C. The van der Waals surface area contributed by atoms with Crippen LogP contribution in [0.5, 0.6) is 0 Å². The number of nitrogens with zero attached hydrogens (tertiary/aromatic N) is 1. The number of amides is 2. The predicted molar refractivity (Wildman–Crippen MR) is 147 cm³/mol. The molecule has 5 nitrogen and oxygen atoms in total. The quantitative estimate of drug-likeness (QED) is 0.187. The van der Waals surface area contributed by atoms with E-state index in [9.17, 15) is 13.8 Å². The molecule has 1 rings (SSSR count). The average Bonchev–Trinajstić information content (AvgIpc) is 2.84. The Bertz CT molecular complexity index is 791. The molecule has 3 unspecified atom stereocenters. The zero-order valence-corrected chi connectivity index (χ0v) is 25.3. The molecular formula is C29H53NO4S. The smallest absolute Gasteiger partial charge is 0.233 e. The van der Waals surface area contributed by atoms with Gasteiger partial charge in [-0.3, -0.25) is 18.7 Å². The van der Waals surface area contributed by atoms with Gasteiger partial charge in [0.05, 0.1) is 18.3 Å². The number of hydrogen-bond acceptors (Lipinski definition) is 4. The Balaban J connectivity index is 3.00. The third-order valence-electron chi connectivity index (χ3n) is 6.90. The van der Waals surface area contributed by atoms with Crippen molar-refractivity contribution in [2.75, 3.05) is 18.9 Å². The van der Waals surface area contributed by atoms with Crippen LogP contribution in [-0.2, 0) is 24.9 Å². The van der Waals surface area contributed by atoms with Gasteiger partial charge in [-0.2, -0.15) is 0 Å². The molecule has 0 aromatic rings. The van der Waals surface area contributed by atoms with Crippen molar-refractivity contribution >= 4 is 22.9 Å². The van der Waals surface area contributed by atoms with Gasteiger partial charge in [-0.05, 0) is 67.1 Å². The molecule has 1 saturated heterocycles. The average molecular weight is 512 g/mol. The molecule has 0 saturated carbocycles. The number of carbonyl (C=O) groups is 2. The molecule has 1 aliphatic rings. The van der Waals surface area contributed by atoms with Gasteiger partial charge in [-0.1, -0.05) is 74.5 Å². The lowest BCUT2D eigenvalue weighted by Gasteiger charge is -2.46. The molecule has 0 bridgehead atoms. The molecule has 1 fully saturated rings. The van der Waals surface area contributed by atoms with Crippen molar-refractivity contribution < 1.29 is 18.0 Å². The molecule has 0 N–H and O–H groups in total. The number of imide groups is 1. The van der Waals surface area contributed by atoms with Gasteiger partial charge >= 0.3 is 0 Å². The van der Waals surface area contributed by atoms with Crippen LogP contribution < -0.4 is 0 Å². The summed E-state index contributed by atoms with van der Waals surface area (Å²) in [6.07, 6.45) is 3.88. The molecule has 3 atom stereocenters. The molecule has 0 spiro atoms. The topological polar surface area (TPSA) is 63.7 Å². The Hall–Kier alpha value is -1.01. The van der Waals surface area contributed by atoms with Gasteiger partial charge in [0.1, 0.15) is 0 Å². The first-order valence-corrected chi connectivity index (χ1v) is 14.5. The molecule has 0 aromatic carbocycles. The number of rotatable bonds is 14. The van der Waals surface area contributed by atoms with Crippen LogP contribution in [0.15, 0.2) is 12.2 Å². The van der Waals surface area contributed by atoms with Crippen molar-refractivity contribution in [1.29, 1.82) is 0 Å². The van der Waals surface area contributed by atoms with Crippen molar-refractivity contribution in [3.63, 3.8) is 0 Å². The maximum Gasteiger partial charge on any atom is 0.233 e. The maximum absolute atomic E-state index is 13.4. The lowest BCUT2D eigenvalue weighted by atomic mass is 9.59. The van der Waals surface area contributed by atoms with E-state index in [0.29, 0.717) is 25.3 Å². The van der Waals surface area contributed by atoms with Gasteiger partial charge in [0.15, 0.2) is 11.1 Å². The van der Waals surface area contributed by atoms with Crippen molar-refractivity contribution in [3.8, 4) is 0 Å². The van der Waals surface area contributed by atoms with Crippen LogP contribution in [0.2, 0.25) is 0 Å². The summed E-state index contributed by atoms with van der Waals surface area (Å²) in [6.45, 7) is 29.5. The Morgan fingerprint density at radius 3 is 2.06 bits per heavy atom. The van der Waals surface area contributed by atoms with Gasteiger partial charge < -0.3 is 0 Å². The molecule has 0 aromatic heterocycles. The summed E-state index contributed by atoms with van der Waals surface area (Å²) >= 11 is -1.37. The Morgan fingerprint density at radius 2 is 1.57 bits per heavy atom. The minimum atomic E-state index is -1.37. The van der Waals surface area contributed by atoms with E-state index in [1.807, 2.05) is 6.92 Å². The largest absolute Gasteiger partial charge is 0.291 e. The Labute approximate surface area is 218 Å². The molecule has 1 heterocycles. The predicted octanol–water partition coefficient (Wildman–Crippen LogP) is 6.94. The fraction of sp³-hybridized carbons (Fsp3) is 0.862. The first-order chi connectivity index (χ1) is 15.7. The van der Waals surface area contributed by atoms with E-state index in [0.717, 1.165) is 24.8 Å². The number of carbonyl (C=O) groups excluding carboxylic acids is 2. The van der Waals surface area contributed by atoms with Crippen LogP contribution in [-0.4, -0.2) is 39.8 Å². The van der Waals surface area contributed by atoms with Gasteiger partial charge in [-0.15, -0.1) is 0 Å². The van der Waals surface area contributed by atoms with Crippen LogP contribution in [0.3, 0.4) is 0 Å². The summed E-state index contributed by atoms with van der Waals surface area (Å²) in [4.78, 5) is 27.6. The van der Waals surface area contributed by atoms with Gasteiger partial charge in [0.25, 0.3) is 0 Å². The first-order valence-electron chi connectivity index (χ1n) is 13.2. The van der Waals surface area contributed by atoms with Crippen molar-refractivity contribution in [2.24, 2.45) is 33.5 Å². The molecule has 204 valence electrons. The fourth-order valence-corrected chi connectivity index (χ4v) is 8.24. The van der Waals surface area contributed by atoms with Crippen LogP contribution >= 0.6 is 0 Å². The van der Waals surface area contributed by atoms with Crippen LogP contribution in [0.25, 0.3) is 0 Å². The number of allylic oxidation sites excluding steroid dienone is 1. The highest BCUT2D eigenvalue weighted by Crippen LogP contribution is 2.51. The summed E-state index contributed by atoms with van der Waals surface area (Å²) in [6, 6.07) is 0. The second kappa shape index (κ2) is 12.0. The standard InChI is InChI=1S/C29H53NO4S/c1-13-34-35(33)16-14-15-30-23(31)17-22(25(30)32)24(21(2)3)29(11,12)20-28(9,10)19-27(7,8)18-26(4,5)6/h22,24H,2,13-20H2,1,3-12H3. The molecule has 1 aliphatic heterocycles. The monoisotopic (exact) mass is 511 g/mol. The van der Waals surface area contributed by atoms with Crippen molar-refractivity contribution in [1.82, 2.24) is 4.90 Å². The molecule has 35 heavy (non-hydrogen) atoms. The third kappa shape index (κ3) is 10.1. The zero-order chi connectivity index (χ0) is 27.4. The lowest BCUT2D eigenvalue weighted by Crippen LogP contribution is -2.40. The van der Waals surface area contributed by atoms with E-state index in [1.165, 1.54) is 4.90 Å². The second-order valence-electron chi connectivity index (χ2n) is 14.2. The Kier molecular flexibility index (Phi) is 11.0. The highest BCUT2D eigenvalue weighted by Gasteiger charge is 2.49. The van der Waals surface area contributed by atoms with E-state index < -0.39 is 11.1 Å². The number of likely N-dealkylation sites (tertiary alicyclic amines) is 1. The first kappa shape index (κ1) is 32.0. The van der Waals surface area contributed by atoms with E-state index in [4.69, 9.17) is 4.18 Å². The highest BCUT2D eigenvalue weighted by atomic mass is 32.2. The van der Waals surface area contributed by atoms with Crippen LogP contribution in [0.4, 0.5) is 0 Å². The third-order valence-corrected chi connectivity index (χ3v) is 8.02. The summed E-state index contributed by atoms with van der Waals surface area (Å²) in [5.74, 6) is -0.375. The lowest BCUT2D eigenvalue weighted by molar-refractivity contribution is -0.140. The molecule has 0 radical (unpaired) electrons. The van der Waals surface area contributed by atoms with Gasteiger partial charge in [-0.25, -0.2) is 4.21 Å². The van der Waals surface area contributed by atoms with E-state index in [2.05, 4.69) is 68.9 Å². The Morgan fingerprint density at radius 1 is 1.03 bits per heavy atom. The van der Waals surface area contributed by atoms with Gasteiger partial charge in [0.2, 0.25) is 11.8 Å². The summed E-state index contributed by atoms with van der Waals surface area (Å²) in [5, 5.41) is 0. The normalized spacial score (nSPS) is 19.9. The molecular weight excluding hydrogens is 458 g/mol. The number of hydrogen-bond donors (Lipinski definition) is 0. The second-order valence-corrected chi connectivity index (χ2v) is 15.4. The minimum absolute atomic E-state index is 0.0701. The summed E-state index contributed by atoms with van der Waals surface area (Å²) < 4.78 is 16.8. The summed E-state index contributed by atoms with van der Waals surface area (Å²) in [5.41, 5.74) is 1.31. The van der Waals surface area contributed by atoms with Crippen LogP contribution in [0.1, 0.15) is 108 Å². The maximum atomic E-state index is 13.4. The van der Waals surface area contributed by atoms with Crippen molar-refractivity contribution in [3.05, 3.63) is 12.2 Å². The fourth-order valence-electron chi connectivity index (χ4n) is 7.49. The minimum Gasteiger partial charge on any atom is -0.291 e.